The quantitative estimate of drug-likeness (QED) is 0.353. The van der Waals surface area contributed by atoms with E-state index in [9.17, 15) is 32.3 Å². The minimum Gasteiger partial charge on any atom is -0.462 e. The molecule has 37 heavy (non-hydrogen) atoms. The van der Waals surface area contributed by atoms with Gasteiger partial charge in [0.1, 0.15) is 13.2 Å². The number of fused-ring (bicyclic) bond motifs is 1. The Morgan fingerprint density at radius 1 is 1.11 bits per heavy atom. The van der Waals surface area contributed by atoms with Gasteiger partial charge in [-0.3, -0.25) is 19.2 Å². The summed E-state index contributed by atoms with van der Waals surface area (Å²) < 4.78 is 45.4. The lowest BCUT2D eigenvalue weighted by Crippen LogP contribution is -2.37. The maximum Gasteiger partial charge on any atom is 0.417 e. The van der Waals surface area contributed by atoms with Crippen molar-refractivity contribution < 1.29 is 32.3 Å². The zero-order valence-corrected chi connectivity index (χ0v) is 19.4. The van der Waals surface area contributed by atoms with Crippen LogP contribution in [0.4, 0.5) is 13.2 Å². The number of hydrogen-bond acceptors (Lipinski definition) is 6. The van der Waals surface area contributed by atoms with Gasteiger partial charge >= 0.3 is 12.1 Å². The Bertz CT molecular complexity index is 1420. The van der Waals surface area contributed by atoms with Crippen LogP contribution in [0.5, 0.6) is 0 Å². The fourth-order valence-electron chi connectivity index (χ4n) is 4.24. The molecule has 2 aromatic carbocycles. The molecule has 2 heterocycles. The Morgan fingerprint density at radius 3 is 2.59 bits per heavy atom. The zero-order valence-electron chi connectivity index (χ0n) is 19.4. The monoisotopic (exact) mass is 516 g/mol. The molecule has 2 atom stereocenters. The topological polar surface area (TPSA) is 143 Å². The van der Waals surface area contributed by atoms with Crippen molar-refractivity contribution in [2.45, 2.75) is 24.6 Å². The van der Waals surface area contributed by atoms with Crippen LogP contribution < -0.4 is 21.9 Å². The first-order chi connectivity index (χ1) is 17.6. The van der Waals surface area contributed by atoms with Gasteiger partial charge in [0.2, 0.25) is 11.8 Å². The van der Waals surface area contributed by atoms with Crippen LogP contribution >= 0.6 is 0 Å². The smallest absolute Gasteiger partial charge is 0.417 e. The van der Waals surface area contributed by atoms with E-state index in [0.29, 0.717) is 17.4 Å². The van der Waals surface area contributed by atoms with Crippen LogP contribution in [0.2, 0.25) is 0 Å². The highest BCUT2D eigenvalue weighted by Gasteiger charge is 2.35. The number of alkyl halides is 3. The Hall–Kier alpha value is -4.19. The second-order valence-electron chi connectivity index (χ2n) is 8.56. The number of halogens is 3. The van der Waals surface area contributed by atoms with E-state index < -0.39 is 41.1 Å². The van der Waals surface area contributed by atoms with Crippen LogP contribution in [0.3, 0.4) is 0 Å². The van der Waals surface area contributed by atoms with Gasteiger partial charge in [-0.25, -0.2) is 0 Å². The van der Waals surface area contributed by atoms with Gasteiger partial charge in [0.15, 0.2) is 0 Å². The molecule has 12 heteroatoms. The summed E-state index contributed by atoms with van der Waals surface area (Å²) in [6.07, 6.45) is -4.30. The molecule has 9 nitrogen and oxygen atoms in total. The number of aromatic amines is 1. The molecule has 1 aliphatic heterocycles. The first-order valence-electron chi connectivity index (χ1n) is 11.3. The third-order valence-corrected chi connectivity index (χ3v) is 6.04. The third-order valence-electron chi connectivity index (χ3n) is 6.04. The summed E-state index contributed by atoms with van der Waals surface area (Å²) in [5, 5.41) is 5.66. The van der Waals surface area contributed by atoms with Crippen molar-refractivity contribution in [2.24, 2.45) is 5.73 Å². The van der Waals surface area contributed by atoms with E-state index in [1.165, 1.54) is 30.3 Å². The van der Waals surface area contributed by atoms with Crippen LogP contribution in [0.1, 0.15) is 23.5 Å². The molecule has 1 aromatic heterocycles. The maximum atomic E-state index is 13.4. The van der Waals surface area contributed by atoms with Crippen molar-refractivity contribution in [3.8, 4) is 11.3 Å². The Kier molecular flexibility index (Phi) is 7.30. The molecule has 0 saturated carbocycles. The number of ether oxygens (including phenoxy) is 1. The summed E-state index contributed by atoms with van der Waals surface area (Å²) >= 11 is 0. The highest BCUT2D eigenvalue weighted by Crippen LogP contribution is 2.37. The standard InChI is InChI=1S/C25H23F3N4O5/c26-25(27,28)19-4-2-1-3-16(19)20-8-14-6-5-13(7-17(14)24(36)32-20)18-9-15(31-23(18)35)12-37-22(34)11-30-21(33)10-29/h1-8,15,18H,9-12,29H2,(H,30,33)(H,31,35)(H,32,36)/t15?,18-/m0/s1. The zero-order chi connectivity index (χ0) is 26.7. The number of nitrogens with two attached hydrogens (primary N) is 1. The normalized spacial score (nSPS) is 17.5. The van der Waals surface area contributed by atoms with E-state index in [2.05, 4.69) is 15.6 Å². The maximum absolute atomic E-state index is 13.4. The molecule has 1 aliphatic rings. The van der Waals surface area contributed by atoms with Crippen LogP contribution in [-0.4, -0.2) is 48.5 Å². The van der Waals surface area contributed by atoms with Crippen molar-refractivity contribution in [3.05, 3.63) is 70.0 Å². The SMILES string of the molecule is NCC(=O)NCC(=O)OCC1C[C@@H](c2ccc3cc(-c4ccccc4C(F)(F)F)[nH]c(=O)c3c2)C(=O)N1. The first-order valence-corrected chi connectivity index (χ1v) is 11.3. The fraction of sp³-hybridized carbons (Fsp3) is 0.280. The van der Waals surface area contributed by atoms with Gasteiger partial charge < -0.3 is 26.1 Å². The summed E-state index contributed by atoms with van der Waals surface area (Å²) in [6.45, 7) is -0.705. The van der Waals surface area contributed by atoms with Crippen molar-refractivity contribution >= 4 is 28.6 Å². The largest absolute Gasteiger partial charge is 0.462 e. The highest BCUT2D eigenvalue weighted by atomic mass is 19.4. The molecule has 0 bridgehead atoms. The number of amides is 2. The van der Waals surface area contributed by atoms with Crippen LogP contribution in [-0.2, 0) is 25.3 Å². The number of aromatic nitrogens is 1. The number of hydrogen-bond donors (Lipinski definition) is 4. The molecule has 3 aromatic rings. The van der Waals surface area contributed by atoms with Crippen molar-refractivity contribution in [1.82, 2.24) is 15.6 Å². The number of H-pyrrole nitrogens is 1. The van der Waals surface area contributed by atoms with Crippen LogP contribution in [0.15, 0.2) is 53.3 Å². The fourth-order valence-corrected chi connectivity index (χ4v) is 4.24. The number of rotatable bonds is 7. The molecule has 2 amide bonds. The van der Waals surface area contributed by atoms with E-state index in [0.717, 1.165) is 6.07 Å². The Morgan fingerprint density at radius 2 is 1.86 bits per heavy atom. The molecule has 0 spiro atoms. The van der Waals surface area contributed by atoms with Gasteiger partial charge in [0.05, 0.1) is 24.1 Å². The van der Waals surface area contributed by atoms with E-state index in [1.807, 2.05) is 0 Å². The van der Waals surface area contributed by atoms with E-state index >= 15 is 0 Å². The predicted octanol–water partition coefficient (Wildman–Crippen LogP) is 1.80. The molecule has 1 saturated heterocycles. The predicted molar refractivity (Wildman–Crippen MR) is 127 cm³/mol. The number of benzene rings is 2. The average molecular weight is 516 g/mol. The molecule has 194 valence electrons. The van der Waals surface area contributed by atoms with Gasteiger partial charge in [-0.05, 0) is 35.6 Å². The second-order valence-corrected chi connectivity index (χ2v) is 8.56. The number of nitrogens with one attached hydrogen (secondary N) is 3. The third kappa shape index (κ3) is 5.80. The Labute approximate surface area is 208 Å². The van der Waals surface area contributed by atoms with Gasteiger partial charge in [0.25, 0.3) is 5.56 Å². The number of pyridine rings is 1. The summed E-state index contributed by atoms with van der Waals surface area (Å²) in [6, 6.07) is 10.7. The summed E-state index contributed by atoms with van der Waals surface area (Å²) in [7, 11) is 0. The van der Waals surface area contributed by atoms with Crippen molar-refractivity contribution in [3.63, 3.8) is 0 Å². The van der Waals surface area contributed by atoms with E-state index in [4.69, 9.17) is 10.5 Å². The molecular formula is C25H23F3N4O5. The first kappa shape index (κ1) is 25.9. The lowest BCUT2D eigenvalue weighted by molar-refractivity contribution is -0.144. The summed E-state index contributed by atoms with van der Waals surface area (Å²) in [5.41, 5.74) is 4.12. The molecule has 1 unspecified atom stereocenters. The molecule has 4 rings (SSSR count). The van der Waals surface area contributed by atoms with Gasteiger partial charge in [-0.2, -0.15) is 13.2 Å². The van der Waals surface area contributed by atoms with Crippen LogP contribution in [0.25, 0.3) is 22.0 Å². The molecule has 5 N–H and O–H groups in total. The summed E-state index contributed by atoms with van der Waals surface area (Å²) in [5.74, 6) is -2.12. The number of carbonyl (C=O) groups is 3. The van der Waals surface area contributed by atoms with E-state index in [1.54, 1.807) is 12.1 Å². The molecular weight excluding hydrogens is 493 g/mol. The second kappa shape index (κ2) is 10.4. The van der Waals surface area contributed by atoms with Gasteiger partial charge in [0, 0.05) is 16.6 Å². The number of esters is 1. The lowest BCUT2D eigenvalue weighted by atomic mass is 9.93. The minimum atomic E-state index is -4.59. The van der Waals surface area contributed by atoms with Crippen molar-refractivity contribution in [1.29, 1.82) is 0 Å². The van der Waals surface area contributed by atoms with Gasteiger partial charge in [-0.1, -0.05) is 30.3 Å². The summed E-state index contributed by atoms with van der Waals surface area (Å²) in [4.78, 5) is 50.8. The molecule has 0 radical (unpaired) electrons. The average Bonchev–Trinajstić information content (AvgIpc) is 3.25. The lowest BCUT2D eigenvalue weighted by Gasteiger charge is -2.14. The minimum absolute atomic E-state index is 0.0290. The van der Waals surface area contributed by atoms with Crippen molar-refractivity contribution in [2.75, 3.05) is 19.7 Å². The van der Waals surface area contributed by atoms with Crippen LogP contribution in [0, 0.1) is 0 Å². The highest BCUT2D eigenvalue weighted by molar-refractivity contribution is 5.90. The molecule has 1 fully saturated rings. The molecule has 0 aliphatic carbocycles. The van der Waals surface area contributed by atoms with E-state index in [-0.39, 0.29) is 42.2 Å². The van der Waals surface area contributed by atoms with Gasteiger partial charge in [-0.15, -0.1) is 0 Å². The Balaban J connectivity index is 1.51. The number of carbonyl (C=O) groups excluding carboxylic acids is 3.